The highest BCUT2D eigenvalue weighted by Crippen LogP contribution is 2.52. The standard InChI is InChI=1S/C30H46N2.C12H8N2/c1-10-22(11-2)18-24-14-13-15-26-28(24)32(21-30(7,8)9)25-17-16-23(12-3)19-27(25)31(26)20-29(4,5)6;1-2-6-10-9(5-1)13-11-7-3-4-8-12(11)14-10/h13-17,19,22H,10-12,18,20-21H2,1-9H3;1-8H. The van der Waals surface area contributed by atoms with Crippen molar-refractivity contribution in [1.82, 2.24) is 9.97 Å². The summed E-state index contributed by atoms with van der Waals surface area (Å²) in [5.41, 5.74) is 12.7. The Labute approximate surface area is 277 Å². The molecule has 0 spiro atoms. The van der Waals surface area contributed by atoms with Crippen molar-refractivity contribution in [2.24, 2.45) is 16.7 Å². The van der Waals surface area contributed by atoms with Crippen LogP contribution in [0.5, 0.6) is 0 Å². The number of hydrogen-bond donors (Lipinski definition) is 0. The zero-order valence-corrected chi connectivity index (χ0v) is 29.7. The van der Waals surface area contributed by atoms with Crippen molar-refractivity contribution in [2.45, 2.75) is 88.0 Å². The highest BCUT2D eigenvalue weighted by atomic mass is 15.3. The predicted octanol–water partition coefficient (Wildman–Crippen LogP) is 11.7. The van der Waals surface area contributed by atoms with Crippen LogP contribution in [0.3, 0.4) is 0 Å². The van der Waals surface area contributed by atoms with E-state index in [1.54, 1.807) is 0 Å². The summed E-state index contributed by atoms with van der Waals surface area (Å²) in [4.78, 5) is 14.3. The highest BCUT2D eigenvalue weighted by molar-refractivity contribution is 5.95. The lowest BCUT2D eigenvalue weighted by molar-refractivity contribution is 0.416. The molecule has 242 valence electrons. The molecule has 0 saturated heterocycles. The van der Waals surface area contributed by atoms with Gasteiger partial charge in [-0.25, -0.2) is 9.97 Å². The van der Waals surface area contributed by atoms with Gasteiger partial charge in [0.1, 0.15) is 0 Å². The van der Waals surface area contributed by atoms with Crippen LogP contribution in [0.15, 0.2) is 84.9 Å². The SMILES string of the molecule is CCc1ccc2c(c1)N(CC(C)(C)C)c1cccc(CC(CC)CC)c1N2CC(C)(C)C.c1ccc2nc3ccccc3nc2c1. The summed E-state index contributed by atoms with van der Waals surface area (Å²) in [6.07, 6.45) is 4.70. The van der Waals surface area contributed by atoms with E-state index in [0.29, 0.717) is 0 Å². The number of para-hydroxylation sites is 5. The first-order valence-corrected chi connectivity index (χ1v) is 17.3. The van der Waals surface area contributed by atoms with Crippen molar-refractivity contribution in [2.75, 3.05) is 22.9 Å². The number of fused-ring (bicyclic) bond motifs is 4. The van der Waals surface area contributed by atoms with Crippen molar-refractivity contribution in [3.63, 3.8) is 0 Å². The van der Waals surface area contributed by atoms with E-state index in [1.807, 2.05) is 48.5 Å². The Balaban J connectivity index is 0.000000244. The normalized spacial score (nSPS) is 13.1. The Morgan fingerprint density at radius 1 is 0.565 bits per heavy atom. The van der Waals surface area contributed by atoms with Crippen LogP contribution < -0.4 is 9.80 Å². The quantitative estimate of drug-likeness (QED) is 0.171. The smallest absolute Gasteiger partial charge is 0.0894 e. The number of rotatable bonds is 7. The second kappa shape index (κ2) is 13.8. The molecule has 0 aliphatic carbocycles. The van der Waals surface area contributed by atoms with Crippen LogP contribution in [0, 0.1) is 16.7 Å². The maximum absolute atomic E-state index is 4.52. The Hall–Kier alpha value is -3.92. The summed E-state index contributed by atoms with van der Waals surface area (Å²) in [5, 5.41) is 0. The van der Waals surface area contributed by atoms with Gasteiger partial charge in [0.25, 0.3) is 0 Å². The molecule has 2 heterocycles. The molecule has 0 atom stereocenters. The van der Waals surface area contributed by atoms with Gasteiger partial charge in [0.05, 0.1) is 44.8 Å². The molecule has 4 aromatic carbocycles. The largest absolute Gasteiger partial charge is 0.338 e. The van der Waals surface area contributed by atoms with E-state index in [1.165, 1.54) is 46.7 Å². The molecule has 0 unspecified atom stereocenters. The minimum Gasteiger partial charge on any atom is -0.338 e. The number of aryl methyl sites for hydroxylation is 1. The first-order valence-electron chi connectivity index (χ1n) is 17.3. The first-order chi connectivity index (χ1) is 21.9. The van der Waals surface area contributed by atoms with Gasteiger partial charge in [0, 0.05) is 13.1 Å². The molecule has 0 amide bonds. The molecule has 0 saturated carbocycles. The van der Waals surface area contributed by atoms with Crippen LogP contribution in [-0.2, 0) is 12.8 Å². The van der Waals surface area contributed by atoms with Gasteiger partial charge in [0.2, 0.25) is 0 Å². The molecule has 4 heteroatoms. The molecule has 4 nitrogen and oxygen atoms in total. The van der Waals surface area contributed by atoms with Gasteiger partial charge >= 0.3 is 0 Å². The van der Waals surface area contributed by atoms with Crippen molar-refractivity contribution >= 4 is 44.8 Å². The zero-order chi connectivity index (χ0) is 33.1. The van der Waals surface area contributed by atoms with Crippen LogP contribution in [0.1, 0.15) is 86.3 Å². The Morgan fingerprint density at radius 2 is 1.09 bits per heavy atom. The molecule has 0 bridgehead atoms. The Bertz CT molecular complexity index is 1670. The number of anilines is 4. The molecule has 1 aliphatic heterocycles. The molecule has 0 N–H and O–H groups in total. The van der Waals surface area contributed by atoms with Crippen molar-refractivity contribution < 1.29 is 0 Å². The molecule has 46 heavy (non-hydrogen) atoms. The van der Waals surface area contributed by atoms with E-state index >= 15 is 0 Å². The van der Waals surface area contributed by atoms with Crippen LogP contribution in [-0.4, -0.2) is 23.1 Å². The number of hydrogen-bond acceptors (Lipinski definition) is 4. The molecule has 1 aliphatic rings. The van der Waals surface area contributed by atoms with Crippen LogP contribution in [0.2, 0.25) is 0 Å². The topological polar surface area (TPSA) is 32.3 Å². The van der Waals surface area contributed by atoms with Gasteiger partial charge in [-0.15, -0.1) is 0 Å². The third-order valence-corrected chi connectivity index (χ3v) is 8.86. The van der Waals surface area contributed by atoms with E-state index in [4.69, 9.17) is 0 Å². The molecular formula is C42H54N4. The number of aromatic nitrogens is 2. The summed E-state index contributed by atoms with van der Waals surface area (Å²) in [6.45, 7) is 23.1. The zero-order valence-electron chi connectivity index (χ0n) is 29.7. The van der Waals surface area contributed by atoms with Gasteiger partial charge < -0.3 is 9.80 Å². The second-order valence-corrected chi connectivity index (χ2v) is 15.3. The van der Waals surface area contributed by atoms with Crippen molar-refractivity contribution in [1.29, 1.82) is 0 Å². The number of nitrogens with zero attached hydrogens (tertiary/aromatic N) is 4. The van der Waals surface area contributed by atoms with Gasteiger partial charge in [-0.3, -0.25) is 0 Å². The molecule has 5 aromatic rings. The van der Waals surface area contributed by atoms with Crippen LogP contribution >= 0.6 is 0 Å². The van der Waals surface area contributed by atoms with E-state index in [9.17, 15) is 0 Å². The third kappa shape index (κ3) is 7.71. The lowest BCUT2D eigenvalue weighted by atomic mass is 9.88. The third-order valence-electron chi connectivity index (χ3n) is 8.86. The monoisotopic (exact) mass is 614 g/mol. The highest BCUT2D eigenvalue weighted by Gasteiger charge is 2.34. The first kappa shape index (κ1) is 33.4. The van der Waals surface area contributed by atoms with Gasteiger partial charge in [0.15, 0.2) is 0 Å². The van der Waals surface area contributed by atoms with E-state index in [2.05, 4.69) is 118 Å². The summed E-state index contributed by atoms with van der Waals surface area (Å²) in [7, 11) is 0. The molecule has 0 radical (unpaired) electrons. The Kier molecular flexibility index (Phi) is 10.1. The second-order valence-electron chi connectivity index (χ2n) is 15.3. The minimum absolute atomic E-state index is 0.201. The fourth-order valence-electron chi connectivity index (χ4n) is 6.49. The summed E-state index contributed by atoms with van der Waals surface area (Å²) in [6, 6.07) is 30.0. The maximum Gasteiger partial charge on any atom is 0.0894 e. The summed E-state index contributed by atoms with van der Waals surface area (Å²) in [5.74, 6) is 0.734. The molecule has 6 rings (SSSR count). The van der Waals surface area contributed by atoms with Crippen molar-refractivity contribution in [3.8, 4) is 0 Å². The van der Waals surface area contributed by atoms with E-state index in [0.717, 1.165) is 53.9 Å². The minimum atomic E-state index is 0.201. The average Bonchev–Trinajstić information content (AvgIpc) is 3.03. The average molecular weight is 615 g/mol. The van der Waals surface area contributed by atoms with Crippen LogP contribution in [0.25, 0.3) is 22.1 Å². The predicted molar refractivity (Wildman–Crippen MR) is 200 cm³/mol. The summed E-state index contributed by atoms with van der Waals surface area (Å²) < 4.78 is 0. The lowest BCUT2D eigenvalue weighted by Crippen LogP contribution is -2.38. The molecular weight excluding hydrogens is 560 g/mol. The van der Waals surface area contributed by atoms with Gasteiger partial charge in [-0.1, -0.05) is 118 Å². The molecule has 1 aromatic heterocycles. The van der Waals surface area contributed by atoms with Gasteiger partial charge in [-0.05, 0) is 83.2 Å². The molecule has 0 fully saturated rings. The number of benzene rings is 4. The lowest BCUT2D eigenvalue weighted by Gasteiger charge is -2.45. The van der Waals surface area contributed by atoms with Crippen molar-refractivity contribution in [3.05, 3.63) is 96.1 Å². The fourth-order valence-corrected chi connectivity index (χ4v) is 6.49. The Morgan fingerprint density at radius 3 is 1.57 bits per heavy atom. The van der Waals surface area contributed by atoms with E-state index < -0.39 is 0 Å². The van der Waals surface area contributed by atoms with Gasteiger partial charge in [-0.2, -0.15) is 0 Å². The summed E-state index contributed by atoms with van der Waals surface area (Å²) >= 11 is 0. The fraction of sp³-hybridized carbons (Fsp3) is 0.429. The van der Waals surface area contributed by atoms with E-state index in [-0.39, 0.29) is 10.8 Å². The maximum atomic E-state index is 4.52. The van der Waals surface area contributed by atoms with Crippen LogP contribution in [0.4, 0.5) is 22.7 Å².